The second-order valence-electron chi connectivity index (χ2n) is 4.38. The number of nitrogens with one attached hydrogen (secondary N) is 2. The molecule has 0 spiro atoms. The molecule has 0 bridgehead atoms. The molecule has 0 aromatic heterocycles. The van der Waals surface area contributed by atoms with Gasteiger partial charge in [0.25, 0.3) is 0 Å². The first kappa shape index (κ1) is 14.4. The maximum absolute atomic E-state index is 11.4. The van der Waals surface area contributed by atoms with Crippen LogP contribution in [0.2, 0.25) is 0 Å². The van der Waals surface area contributed by atoms with Crippen molar-refractivity contribution in [2.45, 2.75) is 19.3 Å². The lowest BCUT2D eigenvalue weighted by atomic mass is 10.0. The molecule has 1 aliphatic heterocycles. The number of methoxy groups -OCH3 is 1. The van der Waals surface area contributed by atoms with E-state index in [1.54, 1.807) is 7.11 Å². The predicted molar refractivity (Wildman–Crippen MR) is 65.9 cm³/mol. The van der Waals surface area contributed by atoms with E-state index in [1.807, 2.05) is 0 Å². The van der Waals surface area contributed by atoms with Crippen LogP contribution in [0, 0.1) is 5.92 Å². The van der Waals surface area contributed by atoms with Crippen LogP contribution in [0.4, 0.5) is 0 Å². The summed E-state index contributed by atoms with van der Waals surface area (Å²) in [5, 5.41) is 6.05. The zero-order valence-electron chi connectivity index (χ0n) is 10.7. The van der Waals surface area contributed by atoms with Gasteiger partial charge in [-0.15, -0.1) is 0 Å². The van der Waals surface area contributed by atoms with Crippen LogP contribution >= 0.6 is 0 Å². The molecule has 1 amide bonds. The Hall–Kier alpha value is -0.650. The molecule has 2 N–H and O–H groups in total. The molecular formula is C12H24N2O3. The topological polar surface area (TPSA) is 59.6 Å². The Kier molecular flexibility index (Phi) is 7.96. The third-order valence-corrected chi connectivity index (χ3v) is 2.91. The van der Waals surface area contributed by atoms with Crippen LogP contribution in [0.3, 0.4) is 0 Å². The van der Waals surface area contributed by atoms with Crippen molar-refractivity contribution in [1.82, 2.24) is 10.6 Å². The van der Waals surface area contributed by atoms with E-state index >= 15 is 0 Å². The van der Waals surface area contributed by atoms with Crippen LogP contribution in [0.1, 0.15) is 19.3 Å². The molecule has 0 atom stereocenters. The largest absolute Gasteiger partial charge is 0.385 e. The minimum absolute atomic E-state index is 0.0631. The van der Waals surface area contributed by atoms with E-state index in [4.69, 9.17) is 9.47 Å². The quantitative estimate of drug-likeness (QED) is 0.597. The maximum Gasteiger partial charge on any atom is 0.233 e. The Labute approximate surface area is 103 Å². The van der Waals surface area contributed by atoms with Crippen LogP contribution in [0.5, 0.6) is 0 Å². The lowest BCUT2D eigenvalue weighted by molar-refractivity contribution is -0.120. The van der Waals surface area contributed by atoms with Gasteiger partial charge < -0.3 is 20.1 Å². The molecule has 1 heterocycles. The normalized spacial score (nSPS) is 17.0. The molecule has 0 aromatic carbocycles. The Balaban J connectivity index is 1.92. The van der Waals surface area contributed by atoms with Gasteiger partial charge in [-0.1, -0.05) is 0 Å². The smallest absolute Gasteiger partial charge is 0.233 e. The van der Waals surface area contributed by atoms with Gasteiger partial charge in [0.15, 0.2) is 0 Å². The van der Waals surface area contributed by atoms with E-state index in [1.165, 1.54) is 0 Å². The monoisotopic (exact) mass is 244 g/mol. The fourth-order valence-corrected chi connectivity index (χ4v) is 1.85. The van der Waals surface area contributed by atoms with Gasteiger partial charge in [-0.25, -0.2) is 0 Å². The van der Waals surface area contributed by atoms with Gasteiger partial charge in [0, 0.05) is 33.5 Å². The molecule has 0 aliphatic carbocycles. The van der Waals surface area contributed by atoms with Crippen LogP contribution in [0.25, 0.3) is 0 Å². The molecule has 1 fully saturated rings. The molecule has 0 aromatic rings. The summed E-state index contributed by atoms with van der Waals surface area (Å²) in [5.41, 5.74) is 0. The number of ether oxygens (including phenoxy) is 2. The van der Waals surface area contributed by atoms with Crippen LogP contribution in [0.15, 0.2) is 0 Å². The first-order valence-electron chi connectivity index (χ1n) is 6.37. The number of hydrogen-bond acceptors (Lipinski definition) is 4. The van der Waals surface area contributed by atoms with Crippen molar-refractivity contribution in [3.8, 4) is 0 Å². The third-order valence-electron chi connectivity index (χ3n) is 2.91. The SMILES string of the molecule is COCCCNC(=O)CNCC1CCOCC1. The highest BCUT2D eigenvalue weighted by Gasteiger charge is 2.13. The van der Waals surface area contributed by atoms with Crippen LogP contribution in [-0.4, -0.2) is 52.5 Å². The van der Waals surface area contributed by atoms with Gasteiger partial charge in [-0.3, -0.25) is 4.79 Å². The highest BCUT2D eigenvalue weighted by molar-refractivity contribution is 5.77. The van der Waals surface area contributed by atoms with E-state index in [0.29, 0.717) is 25.6 Å². The number of carbonyl (C=O) groups excluding carboxylic acids is 1. The summed E-state index contributed by atoms with van der Waals surface area (Å²) >= 11 is 0. The summed E-state index contributed by atoms with van der Waals surface area (Å²) in [6.07, 6.45) is 3.06. The van der Waals surface area contributed by atoms with Gasteiger partial charge in [0.2, 0.25) is 5.91 Å². The minimum atomic E-state index is 0.0631. The lowest BCUT2D eigenvalue weighted by Crippen LogP contribution is -2.37. The first-order chi connectivity index (χ1) is 8.33. The fraction of sp³-hybridized carbons (Fsp3) is 0.917. The van der Waals surface area contributed by atoms with Gasteiger partial charge in [0.05, 0.1) is 6.54 Å². The molecule has 5 heteroatoms. The second kappa shape index (κ2) is 9.39. The highest BCUT2D eigenvalue weighted by Crippen LogP contribution is 2.12. The van der Waals surface area contributed by atoms with Crippen molar-refractivity contribution < 1.29 is 14.3 Å². The number of hydrogen-bond donors (Lipinski definition) is 2. The van der Waals surface area contributed by atoms with Gasteiger partial charge in [-0.2, -0.15) is 0 Å². The summed E-state index contributed by atoms with van der Waals surface area (Å²) in [5.74, 6) is 0.721. The first-order valence-corrected chi connectivity index (χ1v) is 6.37. The molecule has 1 saturated heterocycles. The van der Waals surface area contributed by atoms with Gasteiger partial charge in [-0.05, 0) is 31.7 Å². The van der Waals surface area contributed by atoms with Crippen LogP contribution in [-0.2, 0) is 14.3 Å². The standard InChI is InChI=1S/C12H24N2O3/c1-16-6-2-5-14-12(15)10-13-9-11-3-7-17-8-4-11/h11,13H,2-10H2,1H3,(H,14,15). The summed E-state index contributed by atoms with van der Waals surface area (Å²) < 4.78 is 10.2. The fourth-order valence-electron chi connectivity index (χ4n) is 1.85. The van der Waals surface area contributed by atoms with Crippen molar-refractivity contribution in [2.75, 3.05) is 46.6 Å². The molecule has 100 valence electrons. The zero-order chi connectivity index (χ0) is 12.3. The van der Waals surface area contributed by atoms with E-state index in [9.17, 15) is 4.79 Å². The Morgan fingerprint density at radius 1 is 1.41 bits per heavy atom. The number of carbonyl (C=O) groups is 1. The third kappa shape index (κ3) is 7.31. The Morgan fingerprint density at radius 3 is 2.88 bits per heavy atom. The lowest BCUT2D eigenvalue weighted by Gasteiger charge is -2.22. The molecule has 1 rings (SSSR count). The Bertz CT molecular complexity index is 206. The average molecular weight is 244 g/mol. The van der Waals surface area contributed by atoms with Crippen molar-refractivity contribution >= 4 is 5.91 Å². The zero-order valence-corrected chi connectivity index (χ0v) is 10.7. The summed E-state index contributed by atoms with van der Waals surface area (Å²) in [6.45, 7) is 4.41. The van der Waals surface area contributed by atoms with Gasteiger partial charge in [0.1, 0.15) is 0 Å². The summed E-state index contributed by atoms with van der Waals surface area (Å²) in [6, 6.07) is 0. The van der Waals surface area contributed by atoms with E-state index in [2.05, 4.69) is 10.6 Å². The van der Waals surface area contributed by atoms with Crippen molar-refractivity contribution in [3.05, 3.63) is 0 Å². The number of rotatable bonds is 8. The van der Waals surface area contributed by atoms with Crippen molar-refractivity contribution in [3.63, 3.8) is 0 Å². The molecule has 0 radical (unpaired) electrons. The van der Waals surface area contributed by atoms with E-state index < -0.39 is 0 Å². The molecule has 0 saturated carbocycles. The molecule has 5 nitrogen and oxygen atoms in total. The van der Waals surface area contributed by atoms with E-state index in [-0.39, 0.29) is 5.91 Å². The van der Waals surface area contributed by atoms with Crippen LogP contribution < -0.4 is 10.6 Å². The van der Waals surface area contributed by atoms with Crippen molar-refractivity contribution in [1.29, 1.82) is 0 Å². The molecule has 0 unspecified atom stereocenters. The molecule has 17 heavy (non-hydrogen) atoms. The predicted octanol–water partition coefficient (Wildman–Crippen LogP) is 0.155. The van der Waals surface area contributed by atoms with E-state index in [0.717, 1.165) is 39.0 Å². The molecular weight excluding hydrogens is 220 g/mol. The average Bonchev–Trinajstić information content (AvgIpc) is 2.36. The Morgan fingerprint density at radius 2 is 2.18 bits per heavy atom. The summed E-state index contributed by atoms with van der Waals surface area (Å²) in [4.78, 5) is 11.4. The summed E-state index contributed by atoms with van der Waals surface area (Å²) in [7, 11) is 1.66. The maximum atomic E-state index is 11.4. The second-order valence-corrected chi connectivity index (χ2v) is 4.38. The highest BCUT2D eigenvalue weighted by atomic mass is 16.5. The molecule has 1 aliphatic rings. The number of amides is 1. The minimum Gasteiger partial charge on any atom is -0.385 e. The van der Waals surface area contributed by atoms with Gasteiger partial charge >= 0.3 is 0 Å². The van der Waals surface area contributed by atoms with Crippen molar-refractivity contribution in [2.24, 2.45) is 5.92 Å².